The van der Waals surface area contributed by atoms with E-state index in [2.05, 4.69) is 5.32 Å². The molecule has 0 saturated carbocycles. The average molecular weight is 425 g/mol. The summed E-state index contributed by atoms with van der Waals surface area (Å²) < 4.78 is 0. The Labute approximate surface area is 180 Å². The Morgan fingerprint density at radius 2 is 1.80 bits per heavy atom. The van der Waals surface area contributed by atoms with Gasteiger partial charge in [0.05, 0.1) is 12.2 Å². The predicted molar refractivity (Wildman–Crippen MR) is 115 cm³/mol. The summed E-state index contributed by atoms with van der Waals surface area (Å²) in [6, 6.07) is 17.0. The number of imide groups is 1. The van der Waals surface area contributed by atoms with E-state index in [-0.39, 0.29) is 24.4 Å². The van der Waals surface area contributed by atoms with E-state index in [9.17, 15) is 14.4 Å². The molecule has 2 fully saturated rings. The molecule has 0 spiro atoms. The molecule has 2 aromatic carbocycles. The zero-order chi connectivity index (χ0) is 21.1. The summed E-state index contributed by atoms with van der Waals surface area (Å²) in [5.41, 5.74) is 0.763. The van der Waals surface area contributed by atoms with Crippen LogP contribution in [0, 0.1) is 0 Å². The first-order valence-electron chi connectivity index (χ1n) is 10.0. The highest BCUT2D eigenvalue weighted by molar-refractivity contribution is 7.99. The maximum absolute atomic E-state index is 12.7. The zero-order valence-corrected chi connectivity index (χ0v) is 17.6. The summed E-state index contributed by atoms with van der Waals surface area (Å²) in [5.74, 6) is -0.300. The molecule has 0 aliphatic carbocycles. The van der Waals surface area contributed by atoms with Crippen LogP contribution in [0.1, 0.15) is 6.92 Å². The molecule has 2 aliphatic heterocycles. The van der Waals surface area contributed by atoms with Gasteiger partial charge in [-0.05, 0) is 31.2 Å². The largest absolute Gasteiger partial charge is 0.327 e. The van der Waals surface area contributed by atoms with Gasteiger partial charge in [0.25, 0.3) is 5.91 Å². The quantitative estimate of drug-likeness (QED) is 0.722. The van der Waals surface area contributed by atoms with Gasteiger partial charge in [0.2, 0.25) is 5.91 Å². The fourth-order valence-electron chi connectivity index (χ4n) is 3.81. The summed E-state index contributed by atoms with van der Waals surface area (Å²) in [7, 11) is 0. The minimum Gasteiger partial charge on any atom is -0.324 e. The number of fused-ring (bicyclic) bond motifs is 1. The van der Waals surface area contributed by atoms with E-state index in [1.54, 1.807) is 23.6 Å². The van der Waals surface area contributed by atoms with Gasteiger partial charge >= 0.3 is 6.03 Å². The molecule has 4 rings (SSSR count). The number of anilines is 1. The lowest BCUT2D eigenvalue weighted by atomic mass is 10.2. The maximum atomic E-state index is 12.7. The van der Waals surface area contributed by atoms with E-state index >= 15 is 0 Å². The van der Waals surface area contributed by atoms with Crippen molar-refractivity contribution < 1.29 is 14.4 Å². The lowest BCUT2D eigenvalue weighted by Gasteiger charge is -2.34. The van der Waals surface area contributed by atoms with Crippen molar-refractivity contribution in [2.24, 2.45) is 0 Å². The van der Waals surface area contributed by atoms with Gasteiger partial charge in [-0.3, -0.25) is 19.4 Å². The lowest BCUT2D eigenvalue weighted by molar-refractivity contribution is -0.130. The van der Waals surface area contributed by atoms with Crippen LogP contribution in [0.3, 0.4) is 0 Å². The minimum absolute atomic E-state index is 0.131. The Hall–Kier alpha value is -2.84. The molecule has 2 heterocycles. The van der Waals surface area contributed by atoms with Crippen molar-refractivity contribution in [1.82, 2.24) is 14.7 Å². The number of carbonyl (C=O) groups excluding carboxylic acids is 3. The van der Waals surface area contributed by atoms with Crippen LogP contribution in [0.2, 0.25) is 0 Å². The lowest BCUT2D eigenvalue weighted by Crippen LogP contribution is -2.54. The fourth-order valence-corrected chi connectivity index (χ4v) is 4.73. The normalized spacial score (nSPS) is 19.2. The highest BCUT2D eigenvalue weighted by Crippen LogP contribution is 2.33. The number of rotatable bonds is 6. The van der Waals surface area contributed by atoms with Gasteiger partial charge in [-0.1, -0.05) is 42.1 Å². The van der Waals surface area contributed by atoms with Crippen molar-refractivity contribution >= 4 is 35.3 Å². The van der Waals surface area contributed by atoms with Crippen LogP contribution in [0.4, 0.5) is 10.5 Å². The number of hydrogen-bond donors (Lipinski definition) is 1. The molecule has 0 unspecified atom stereocenters. The molecule has 30 heavy (non-hydrogen) atoms. The molecule has 4 amide bonds. The second-order valence-corrected chi connectivity index (χ2v) is 8.38. The second kappa shape index (κ2) is 8.89. The zero-order valence-electron chi connectivity index (χ0n) is 16.8. The van der Waals surface area contributed by atoms with E-state index in [0.717, 1.165) is 15.5 Å². The SMILES string of the molecule is CCN1C(=O)[C@H]2CN(CC(=O)Nc3ccccc3Sc3ccccc3)CCN2C1=O. The van der Waals surface area contributed by atoms with Crippen LogP contribution in [0.25, 0.3) is 0 Å². The smallest absolute Gasteiger partial charge is 0.324 e. The average Bonchev–Trinajstić information content (AvgIpc) is 2.99. The number of nitrogens with one attached hydrogen (secondary N) is 1. The Bertz CT molecular complexity index is 952. The number of hydrogen-bond acceptors (Lipinski definition) is 5. The van der Waals surface area contributed by atoms with Gasteiger partial charge in [0, 0.05) is 36.0 Å². The van der Waals surface area contributed by atoms with Gasteiger partial charge in [0.15, 0.2) is 0 Å². The molecule has 0 bridgehead atoms. The molecular weight excluding hydrogens is 400 g/mol. The number of urea groups is 1. The third-order valence-electron chi connectivity index (χ3n) is 5.31. The minimum atomic E-state index is -0.486. The van der Waals surface area contributed by atoms with E-state index in [0.29, 0.717) is 26.2 Å². The second-order valence-electron chi connectivity index (χ2n) is 7.27. The van der Waals surface area contributed by atoms with Gasteiger partial charge in [-0.15, -0.1) is 0 Å². The number of piperazine rings is 1. The number of benzene rings is 2. The fraction of sp³-hybridized carbons (Fsp3) is 0.318. The summed E-state index contributed by atoms with van der Waals surface area (Å²) >= 11 is 1.60. The van der Waals surface area contributed by atoms with Crippen LogP contribution in [0.15, 0.2) is 64.4 Å². The monoisotopic (exact) mass is 424 g/mol. The van der Waals surface area contributed by atoms with Crippen molar-refractivity contribution in [2.45, 2.75) is 22.8 Å². The topological polar surface area (TPSA) is 73.0 Å². The molecule has 2 aromatic rings. The molecule has 156 valence electrons. The first-order chi connectivity index (χ1) is 14.6. The van der Waals surface area contributed by atoms with Crippen molar-refractivity contribution in [3.63, 3.8) is 0 Å². The molecule has 7 nitrogen and oxygen atoms in total. The van der Waals surface area contributed by atoms with Crippen molar-refractivity contribution in [3.05, 3.63) is 54.6 Å². The highest BCUT2D eigenvalue weighted by atomic mass is 32.2. The molecule has 0 radical (unpaired) electrons. The number of para-hydroxylation sites is 1. The van der Waals surface area contributed by atoms with Crippen LogP contribution in [-0.4, -0.2) is 71.3 Å². The number of carbonyl (C=O) groups is 3. The van der Waals surface area contributed by atoms with Gasteiger partial charge in [0.1, 0.15) is 6.04 Å². The van der Waals surface area contributed by atoms with E-state index in [1.807, 2.05) is 59.5 Å². The van der Waals surface area contributed by atoms with Crippen LogP contribution in [-0.2, 0) is 9.59 Å². The van der Waals surface area contributed by atoms with Gasteiger partial charge < -0.3 is 10.2 Å². The molecule has 1 atom stereocenters. The van der Waals surface area contributed by atoms with E-state index < -0.39 is 6.04 Å². The maximum Gasteiger partial charge on any atom is 0.327 e. The molecule has 1 N–H and O–H groups in total. The first-order valence-corrected chi connectivity index (χ1v) is 10.8. The Kier molecular flexibility index (Phi) is 6.06. The summed E-state index contributed by atoms with van der Waals surface area (Å²) in [4.78, 5) is 44.3. The first kappa shape index (κ1) is 20.4. The van der Waals surface area contributed by atoms with Crippen molar-refractivity contribution in [1.29, 1.82) is 0 Å². The molecule has 2 aliphatic rings. The molecule has 8 heteroatoms. The molecule has 0 aromatic heterocycles. The molecule has 2 saturated heterocycles. The van der Waals surface area contributed by atoms with E-state index in [4.69, 9.17) is 0 Å². The summed E-state index contributed by atoms with van der Waals surface area (Å²) in [6.45, 7) is 3.77. The van der Waals surface area contributed by atoms with Gasteiger partial charge in [-0.2, -0.15) is 0 Å². The van der Waals surface area contributed by atoms with Crippen LogP contribution < -0.4 is 5.32 Å². The Balaban J connectivity index is 1.38. The van der Waals surface area contributed by atoms with Crippen molar-refractivity contribution in [2.75, 3.05) is 38.0 Å². The van der Waals surface area contributed by atoms with Gasteiger partial charge in [-0.25, -0.2) is 4.79 Å². The summed E-state index contributed by atoms with van der Waals surface area (Å²) in [5, 5.41) is 3.00. The Morgan fingerprint density at radius 1 is 1.07 bits per heavy atom. The van der Waals surface area contributed by atoms with Crippen LogP contribution in [0.5, 0.6) is 0 Å². The molecular formula is C22H24N4O3S. The third kappa shape index (κ3) is 4.20. The predicted octanol–water partition coefficient (Wildman–Crippen LogP) is 2.74. The van der Waals surface area contributed by atoms with E-state index in [1.165, 1.54) is 4.90 Å². The van der Waals surface area contributed by atoms with Crippen LogP contribution >= 0.6 is 11.8 Å². The number of likely N-dealkylation sites (N-methyl/N-ethyl adjacent to an activating group) is 1. The van der Waals surface area contributed by atoms with Crippen molar-refractivity contribution in [3.8, 4) is 0 Å². The standard InChI is InChI=1S/C22H24N4O3S/c1-2-25-21(28)18-14-24(12-13-26(18)22(25)29)15-20(27)23-17-10-6-7-11-19(17)30-16-8-4-3-5-9-16/h3-11,18H,2,12-15H2,1H3,(H,23,27)/t18-/m1/s1. The number of amides is 4. The highest BCUT2D eigenvalue weighted by Gasteiger charge is 2.46. The summed E-state index contributed by atoms with van der Waals surface area (Å²) in [6.07, 6.45) is 0. The Morgan fingerprint density at radius 3 is 2.57 bits per heavy atom. The number of nitrogens with zero attached hydrogens (tertiary/aromatic N) is 3. The third-order valence-corrected chi connectivity index (χ3v) is 6.39.